The zero-order valence-corrected chi connectivity index (χ0v) is 18.5. The minimum atomic E-state index is -0.278. The van der Waals surface area contributed by atoms with Crippen LogP contribution in [-0.4, -0.2) is 38.2 Å². The van der Waals surface area contributed by atoms with Crippen LogP contribution in [0.1, 0.15) is 48.0 Å². The first-order valence-electron chi connectivity index (χ1n) is 10.7. The van der Waals surface area contributed by atoms with Gasteiger partial charge in [-0.3, -0.25) is 9.59 Å². The van der Waals surface area contributed by atoms with Gasteiger partial charge in [0.15, 0.2) is 0 Å². The number of anilines is 1. The Bertz CT molecular complexity index is 897. The Kier molecular flexibility index (Phi) is 8.74. The highest BCUT2D eigenvalue weighted by atomic mass is 35.5. The smallest absolute Gasteiger partial charge is 0.252 e. The molecule has 2 N–H and O–H groups in total. The Morgan fingerprint density at radius 2 is 1.94 bits per heavy atom. The van der Waals surface area contributed by atoms with Gasteiger partial charge in [0.1, 0.15) is 5.75 Å². The summed E-state index contributed by atoms with van der Waals surface area (Å²) in [4.78, 5) is 24.5. The van der Waals surface area contributed by atoms with E-state index in [0.717, 1.165) is 24.2 Å². The minimum absolute atomic E-state index is 0.115. The maximum Gasteiger partial charge on any atom is 0.252 e. The van der Waals surface area contributed by atoms with Crippen molar-refractivity contribution in [3.05, 3.63) is 58.6 Å². The monoisotopic (exact) mass is 444 g/mol. The molecule has 0 spiro atoms. The molecule has 0 saturated heterocycles. The van der Waals surface area contributed by atoms with Crippen molar-refractivity contribution in [1.82, 2.24) is 5.32 Å². The van der Waals surface area contributed by atoms with E-state index in [1.165, 1.54) is 12.8 Å². The maximum absolute atomic E-state index is 12.4. The van der Waals surface area contributed by atoms with Crippen molar-refractivity contribution >= 4 is 29.1 Å². The average Bonchev–Trinajstić information content (AvgIpc) is 3.26. The van der Waals surface area contributed by atoms with E-state index in [9.17, 15) is 9.59 Å². The molecule has 0 bridgehead atoms. The van der Waals surface area contributed by atoms with Crippen molar-refractivity contribution < 1.29 is 19.1 Å². The second-order valence-corrected chi connectivity index (χ2v) is 8.07. The van der Waals surface area contributed by atoms with E-state index in [-0.39, 0.29) is 16.8 Å². The van der Waals surface area contributed by atoms with Crippen LogP contribution in [0, 0.1) is 0 Å². The Morgan fingerprint density at radius 3 is 2.68 bits per heavy atom. The zero-order chi connectivity index (χ0) is 22.1. The van der Waals surface area contributed by atoms with Crippen LogP contribution in [0.4, 0.5) is 5.69 Å². The van der Waals surface area contributed by atoms with Crippen LogP contribution < -0.4 is 15.4 Å². The van der Waals surface area contributed by atoms with E-state index >= 15 is 0 Å². The number of benzene rings is 2. The lowest BCUT2D eigenvalue weighted by molar-refractivity contribution is -0.116. The van der Waals surface area contributed by atoms with Crippen molar-refractivity contribution in [1.29, 1.82) is 0 Å². The lowest BCUT2D eigenvalue weighted by Crippen LogP contribution is -2.27. The van der Waals surface area contributed by atoms with E-state index in [1.807, 2.05) is 24.3 Å². The van der Waals surface area contributed by atoms with Crippen molar-refractivity contribution in [2.24, 2.45) is 0 Å². The van der Waals surface area contributed by atoms with Crippen molar-refractivity contribution in [3.8, 4) is 5.75 Å². The highest BCUT2D eigenvalue weighted by Crippen LogP contribution is 2.25. The molecule has 1 fully saturated rings. The van der Waals surface area contributed by atoms with E-state index < -0.39 is 0 Å². The fourth-order valence-electron chi connectivity index (χ4n) is 3.59. The van der Waals surface area contributed by atoms with Crippen LogP contribution in [0.25, 0.3) is 0 Å². The van der Waals surface area contributed by atoms with Gasteiger partial charge >= 0.3 is 0 Å². The lowest BCUT2D eigenvalue weighted by Gasteiger charge is -2.14. The van der Waals surface area contributed by atoms with Gasteiger partial charge in [-0.05, 0) is 68.0 Å². The summed E-state index contributed by atoms with van der Waals surface area (Å²) in [6.07, 6.45) is 5.95. The van der Waals surface area contributed by atoms with Crippen LogP contribution in [0.3, 0.4) is 0 Å². The van der Waals surface area contributed by atoms with Gasteiger partial charge in [0, 0.05) is 25.8 Å². The second kappa shape index (κ2) is 11.7. The third-order valence-corrected chi connectivity index (χ3v) is 5.55. The summed E-state index contributed by atoms with van der Waals surface area (Å²) >= 11 is 6.22. The molecular formula is C24H29ClN2O4. The number of nitrogens with one attached hydrogen (secondary N) is 2. The van der Waals surface area contributed by atoms with Gasteiger partial charge in [0.05, 0.1) is 23.3 Å². The molecule has 2 aromatic rings. The summed E-state index contributed by atoms with van der Waals surface area (Å²) in [5.74, 6) is 0.478. The molecule has 1 aliphatic rings. The summed E-state index contributed by atoms with van der Waals surface area (Å²) in [6, 6.07) is 12.8. The number of aryl methyl sites for hydroxylation is 1. The van der Waals surface area contributed by atoms with Gasteiger partial charge in [-0.25, -0.2) is 0 Å². The number of methoxy groups -OCH3 is 1. The maximum atomic E-state index is 12.4. The minimum Gasteiger partial charge on any atom is -0.490 e. The quantitative estimate of drug-likeness (QED) is 0.525. The number of carbonyl (C=O) groups excluding carboxylic acids is 2. The number of hydrogen-bond acceptors (Lipinski definition) is 4. The molecule has 6 nitrogen and oxygen atoms in total. The first-order chi connectivity index (χ1) is 15.0. The molecule has 2 amide bonds. The summed E-state index contributed by atoms with van der Waals surface area (Å²) < 4.78 is 10.9. The molecule has 1 saturated carbocycles. The van der Waals surface area contributed by atoms with Crippen LogP contribution in [0.15, 0.2) is 42.5 Å². The fraction of sp³-hybridized carbons (Fsp3) is 0.417. The molecule has 0 aliphatic heterocycles. The number of rotatable bonds is 10. The Balaban J connectivity index is 1.49. The third-order valence-electron chi connectivity index (χ3n) is 5.23. The Morgan fingerprint density at radius 1 is 1.13 bits per heavy atom. The summed E-state index contributed by atoms with van der Waals surface area (Å²) in [6.45, 7) is 0.824. The van der Waals surface area contributed by atoms with Gasteiger partial charge in [0.2, 0.25) is 5.91 Å². The van der Waals surface area contributed by atoms with E-state index in [2.05, 4.69) is 10.6 Å². The Labute approximate surface area is 188 Å². The normalized spacial score (nSPS) is 13.7. The molecule has 0 heterocycles. The standard InChI is InChI=1S/C24H29ClN2O4/c1-30-14-13-26-24(29)21-11-10-18(16-22(21)25)27-23(28)12-9-17-5-4-8-20(15-17)31-19-6-2-3-7-19/h4-5,8,10-11,15-16,19H,2-3,6-7,9,12-14H2,1H3,(H,26,29)(H,27,28). The summed E-state index contributed by atoms with van der Waals surface area (Å²) in [5, 5.41) is 5.84. The summed E-state index contributed by atoms with van der Waals surface area (Å²) in [5.41, 5.74) is 1.98. The van der Waals surface area contributed by atoms with Crippen LogP contribution in [-0.2, 0) is 16.0 Å². The summed E-state index contributed by atoms with van der Waals surface area (Å²) in [7, 11) is 1.57. The van der Waals surface area contributed by atoms with E-state index in [1.54, 1.807) is 25.3 Å². The van der Waals surface area contributed by atoms with Gasteiger partial charge < -0.3 is 20.1 Å². The molecule has 166 valence electrons. The molecule has 0 atom stereocenters. The molecule has 1 aliphatic carbocycles. The number of halogens is 1. The molecule has 3 rings (SSSR count). The molecule has 0 unspecified atom stereocenters. The highest BCUT2D eigenvalue weighted by molar-refractivity contribution is 6.34. The fourth-order valence-corrected chi connectivity index (χ4v) is 3.86. The predicted octanol–water partition coefficient (Wildman–Crippen LogP) is 4.61. The van der Waals surface area contributed by atoms with Crippen LogP contribution in [0.2, 0.25) is 5.02 Å². The van der Waals surface area contributed by atoms with Gasteiger partial charge in [-0.2, -0.15) is 0 Å². The highest BCUT2D eigenvalue weighted by Gasteiger charge is 2.16. The van der Waals surface area contributed by atoms with Crippen molar-refractivity contribution in [3.63, 3.8) is 0 Å². The number of amides is 2. The van der Waals surface area contributed by atoms with Crippen LogP contribution >= 0.6 is 11.6 Å². The van der Waals surface area contributed by atoms with E-state index in [4.69, 9.17) is 21.1 Å². The molecule has 31 heavy (non-hydrogen) atoms. The van der Waals surface area contributed by atoms with Crippen LogP contribution in [0.5, 0.6) is 5.75 Å². The molecule has 0 aromatic heterocycles. The largest absolute Gasteiger partial charge is 0.490 e. The number of ether oxygens (including phenoxy) is 2. The first kappa shape index (κ1) is 23.1. The zero-order valence-electron chi connectivity index (χ0n) is 17.8. The van der Waals surface area contributed by atoms with Crippen molar-refractivity contribution in [2.45, 2.75) is 44.6 Å². The van der Waals surface area contributed by atoms with Gasteiger partial charge in [0.25, 0.3) is 5.91 Å². The van der Waals surface area contributed by atoms with Gasteiger partial charge in [-0.1, -0.05) is 23.7 Å². The Hall–Kier alpha value is -2.57. The topological polar surface area (TPSA) is 76.7 Å². The first-order valence-corrected chi connectivity index (χ1v) is 11.0. The number of hydrogen-bond donors (Lipinski definition) is 2. The second-order valence-electron chi connectivity index (χ2n) is 7.66. The molecule has 2 aromatic carbocycles. The number of carbonyl (C=O) groups is 2. The van der Waals surface area contributed by atoms with Gasteiger partial charge in [-0.15, -0.1) is 0 Å². The third kappa shape index (κ3) is 7.26. The van der Waals surface area contributed by atoms with E-state index in [0.29, 0.717) is 43.3 Å². The van der Waals surface area contributed by atoms with Crippen molar-refractivity contribution in [2.75, 3.05) is 25.6 Å². The molecule has 7 heteroatoms. The molecule has 0 radical (unpaired) electrons. The SMILES string of the molecule is COCCNC(=O)c1ccc(NC(=O)CCc2cccc(OC3CCCC3)c2)cc1Cl. The predicted molar refractivity (Wildman–Crippen MR) is 122 cm³/mol. The average molecular weight is 445 g/mol. The molecular weight excluding hydrogens is 416 g/mol. The lowest BCUT2D eigenvalue weighted by atomic mass is 10.1.